The van der Waals surface area contributed by atoms with Crippen molar-refractivity contribution in [3.63, 3.8) is 0 Å². The number of rotatable bonds is 8. The van der Waals surface area contributed by atoms with Gasteiger partial charge in [-0.25, -0.2) is 12.8 Å². The molecule has 35 heavy (non-hydrogen) atoms. The zero-order valence-corrected chi connectivity index (χ0v) is 20.4. The molecule has 1 fully saturated rings. The van der Waals surface area contributed by atoms with Gasteiger partial charge in [0.15, 0.2) is 0 Å². The summed E-state index contributed by atoms with van der Waals surface area (Å²) >= 11 is 0. The van der Waals surface area contributed by atoms with E-state index in [1.165, 1.54) is 35.7 Å². The Morgan fingerprint density at radius 1 is 0.943 bits per heavy atom. The summed E-state index contributed by atoms with van der Waals surface area (Å²) in [5.74, 6) is 0.139. The van der Waals surface area contributed by atoms with Crippen LogP contribution in [0.15, 0.2) is 83.8 Å². The Hall–Kier alpha value is -3.23. The van der Waals surface area contributed by atoms with Gasteiger partial charge in [0.25, 0.3) is 0 Å². The van der Waals surface area contributed by atoms with Crippen LogP contribution in [0.2, 0.25) is 0 Å². The average Bonchev–Trinajstić information content (AvgIpc) is 2.89. The summed E-state index contributed by atoms with van der Waals surface area (Å²) in [6.45, 7) is 0.764. The zero-order chi connectivity index (χ0) is 24.9. The molecule has 8 heteroatoms. The molecule has 0 saturated carbocycles. The third-order valence-corrected chi connectivity index (χ3v) is 8.52. The van der Waals surface area contributed by atoms with Gasteiger partial charge < -0.3 is 10.1 Å². The Morgan fingerprint density at radius 2 is 1.57 bits per heavy atom. The van der Waals surface area contributed by atoms with Crippen molar-refractivity contribution in [3.8, 4) is 5.75 Å². The van der Waals surface area contributed by atoms with E-state index in [4.69, 9.17) is 4.74 Å². The van der Waals surface area contributed by atoms with Crippen molar-refractivity contribution < 1.29 is 22.3 Å². The number of sulfonamides is 1. The molecular weight excluding hydrogens is 467 g/mol. The Kier molecular flexibility index (Phi) is 7.52. The second-order valence-corrected chi connectivity index (χ2v) is 10.8. The van der Waals surface area contributed by atoms with Crippen LogP contribution in [0.5, 0.6) is 5.75 Å². The largest absolute Gasteiger partial charge is 0.497 e. The summed E-state index contributed by atoms with van der Waals surface area (Å²) in [5.41, 5.74) is 1.08. The topological polar surface area (TPSA) is 75.7 Å². The van der Waals surface area contributed by atoms with Gasteiger partial charge >= 0.3 is 0 Å². The smallest absolute Gasteiger partial charge is 0.243 e. The maximum absolute atomic E-state index is 13.5. The first-order valence-electron chi connectivity index (χ1n) is 11.5. The van der Waals surface area contributed by atoms with Crippen molar-refractivity contribution in [2.24, 2.45) is 5.41 Å². The fraction of sp³-hybridized carbons (Fsp3) is 0.296. The molecule has 1 aliphatic rings. The first-order valence-corrected chi connectivity index (χ1v) is 13.0. The summed E-state index contributed by atoms with van der Waals surface area (Å²) in [5, 5.41) is 3.00. The van der Waals surface area contributed by atoms with Gasteiger partial charge in [0.1, 0.15) is 11.6 Å². The number of piperidine rings is 1. The van der Waals surface area contributed by atoms with Crippen LogP contribution in [0, 0.1) is 11.2 Å². The van der Waals surface area contributed by atoms with Gasteiger partial charge in [-0.05, 0) is 66.8 Å². The molecule has 0 aliphatic carbocycles. The Labute approximate surface area is 205 Å². The fourth-order valence-corrected chi connectivity index (χ4v) is 5.94. The lowest BCUT2D eigenvalue weighted by molar-refractivity contribution is -0.133. The molecule has 0 radical (unpaired) electrons. The number of halogens is 1. The molecule has 0 spiro atoms. The number of nitrogens with one attached hydrogen (secondary N) is 1. The number of nitrogens with zero attached hydrogens (tertiary/aromatic N) is 1. The van der Waals surface area contributed by atoms with Gasteiger partial charge in [0, 0.05) is 19.6 Å². The third-order valence-electron chi connectivity index (χ3n) is 6.61. The number of hydrogen-bond acceptors (Lipinski definition) is 4. The predicted octanol–water partition coefficient (Wildman–Crippen LogP) is 4.16. The van der Waals surface area contributed by atoms with E-state index in [1.54, 1.807) is 24.3 Å². The van der Waals surface area contributed by atoms with Crippen molar-refractivity contribution in [1.82, 2.24) is 9.62 Å². The van der Waals surface area contributed by atoms with E-state index >= 15 is 0 Å². The summed E-state index contributed by atoms with van der Waals surface area (Å²) in [7, 11) is -2.16. The second kappa shape index (κ2) is 10.6. The lowest BCUT2D eigenvalue weighted by Crippen LogP contribution is -2.51. The summed E-state index contributed by atoms with van der Waals surface area (Å²) in [6.07, 6.45) is 1.30. The van der Waals surface area contributed by atoms with Crippen LogP contribution in [-0.2, 0) is 27.8 Å². The number of hydrogen-bond donors (Lipinski definition) is 1. The molecule has 0 atom stereocenters. The minimum atomic E-state index is -3.68. The van der Waals surface area contributed by atoms with Crippen LogP contribution in [0.1, 0.15) is 24.0 Å². The van der Waals surface area contributed by atoms with Gasteiger partial charge in [-0.1, -0.05) is 42.5 Å². The lowest BCUT2D eigenvalue weighted by atomic mass is 9.73. The molecular formula is C27H29FN2O4S. The first-order chi connectivity index (χ1) is 16.8. The van der Waals surface area contributed by atoms with Crippen LogP contribution in [0.25, 0.3) is 0 Å². The standard InChI is InChI=1S/C27H29FN2O4S/c1-34-24-11-13-25(14-12-24)35(32,33)30-17-15-27(16-18-30,19-21-5-3-2-4-6-21)26(31)29-20-22-7-9-23(28)10-8-22/h2-14H,15-20H2,1H3,(H,29,31). The summed E-state index contributed by atoms with van der Waals surface area (Å²) < 4.78 is 46.2. The number of methoxy groups -OCH3 is 1. The molecule has 3 aromatic carbocycles. The van der Waals surface area contributed by atoms with E-state index in [9.17, 15) is 17.6 Å². The Morgan fingerprint density at radius 3 is 2.17 bits per heavy atom. The normalized spacial score (nSPS) is 15.9. The number of ether oxygens (including phenoxy) is 1. The summed E-state index contributed by atoms with van der Waals surface area (Å²) in [6, 6.07) is 22.1. The Balaban J connectivity index is 1.51. The van der Waals surface area contributed by atoms with Crippen LogP contribution in [0.4, 0.5) is 4.39 Å². The predicted molar refractivity (Wildman–Crippen MR) is 132 cm³/mol. The van der Waals surface area contributed by atoms with Gasteiger partial charge in [-0.2, -0.15) is 4.31 Å². The van der Waals surface area contributed by atoms with Crippen molar-refractivity contribution in [3.05, 3.63) is 95.8 Å². The molecule has 1 amide bonds. The zero-order valence-electron chi connectivity index (χ0n) is 19.6. The molecule has 1 N–H and O–H groups in total. The molecule has 184 valence electrons. The van der Waals surface area contributed by atoms with Gasteiger partial charge in [-0.15, -0.1) is 0 Å². The van der Waals surface area contributed by atoms with E-state index in [1.807, 2.05) is 30.3 Å². The maximum Gasteiger partial charge on any atom is 0.243 e. The van der Waals surface area contributed by atoms with Crippen molar-refractivity contribution in [2.75, 3.05) is 20.2 Å². The number of carbonyl (C=O) groups excluding carboxylic acids is 1. The molecule has 1 saturated heterocycles. The highest BCUT2D eigenvalue weighted by Gasteiger charge is 2.43. The lowest BCUT2D eigenvalue weighted by Gasteiger charge is -2.40. The highest BCUT2D eigenvalue weighted by molar-refractivity contribution is 7.89. The van der Waals surface area contributed by atoms with Crippen molar-refractivity contribution in [2.45, 2.75) is 30.7 Å². The van der Waals surface area contributed by atoms with E-state index in [0.29, 0.717) is 25.0 Å². The Bertz CT molecular complexity index is 1240. The van der Waals surface area contributed by atoms with Crippen LogP contribution >= 0.6 is 0 Å². The fourth-order valence-electron chi connectivity index (χ4n) is 4.49. The van der Waals surface area contributed by atoms with Gasteiger partial charge in [-0.3, -0.25) is 4.79 Å². The average molecular weight is 497 g/mol. The minimum Gasteiger partial charge on any atom is -0.497 e. The molecule has 0 aromatic heterocycles. The number of amides is 1. The maximum atomic E-state index is 13.5. The number of carbonyl (C=O) groups is 1. The molecule has 1 heterocycles. The van der Waals surface area contributed by atoms with E-state index in [-0.39, 0.29) is 36.3 Å². The SMILES string of the molecule is COc1ccc(S(=O)(=O)N2CCC(Cc3ccccc3)(C(=O)NCc3ccc(F)cc3)CC2)cc1. The summed E-state index contributed by atoms with van der Waals surface area (Å²) in [4.78, 5) is 13.7. The monoisotopic (exact) mass is 496 g/mol. The highest BCUT2D eigenvalue weighted by Crippen LogP contribution is 2.37. The van der Waals surface area contributed by atoms with Crippen molar-refractivity contribution in [1.29, 1.82) is 0 Å². The second-order valence-electron chi connectivity index (χ2n) is 8.83. The van der Waals surface area contributed by atoms with E-state index in [0.717, 1.165) is 11.1 Å². The quantitative estimate of drug-likeness (QED) is 0.508. The van der Waals surface area contributed by atoms with Gasteiger partial charge in [0.2, 0.25) is 15.9 Å². The number of benzene rings is 3. The van der Waals surface area contributed by atoms with E-state index in [2.05, 4.69) is 5.32 Å². The van der Waals surface area contributed by atoms with E-state index < -0.39 is 15.4 Å². The molecule has 0 bridgehead atoms. The molecule has 1 aliphatic heterocycles. The van der Waals surface area contributed by atoms with Gasteiger partial charge in [0.05, 0.1) is 17.4 Å². The molecule has 3 aromatic rings. The highest BCUT2D eigenvalue weighted by atomic mass is 32.2. The van der Waals surface area contributed by atoms with Crippen molar-refractivity contribution >= 4 is 15.9 Å². The third kappa shape index (κ3) is 5.71. The van der Waals surface area contributed by atoms with Crippen LogP contribution in [0.3, 0.4) is 0 Å². The first kappa shape index (κ1) is 24.9. The van der Waals surface area contributed by atoms with Crippen LogP contribution in [-0.4, -0.2) is 38.8 Å². The minimum absolute atomic E-state index is 0.118. The molecule has 0 unspecified atom stereocenters. The molecule has 4 rings (SSSR count). The van der Waals surface area contributed by atoms with Crippen LogP contribution < -0.4 is 10.1 Å². The molecule has 6 nitrogen and oxygen atoms in total.